The molecule has 1 rings (SSSR count). The Bertz CT molecular complexity index is 538. The van der Waals surface area contributed by atoms with Crippen LogP contribution < -0.4 is 15.4 Å². The second-order valence-corrected chi connectivity index (χ2v) is 4.58. The lowest BCUT2D eigenvalue weighted by molar-refractivity contribution is -0.117. The fourth-order valence-corrected chi connectivity index (χ4v) is 1.70. The zero-order valence-corrected chi connectivity index (χ0v) is 12.6. The molecule has 1 amide bonds. The molecule has 6 heteroatoms. The Hall–Kier alpha value is -2.19. The van der Waals surface area contributed by atoms with E-state index >= 15 is 0 Å². The smallest absolute Gasteiger partial charge is 0.263 e. The number of methoxy groups -OCH3 is 1. The number of nitriles is 1. The summed E-state index contributed by atoms with van der Waals surface area (Å²) in [5, 5.41) is 14.5. The summed E-state index contributed by atoms with van der Waals surface area (Å²) in [4.78, 5) is 11.7. The van der Waals surface area contributed by atoms with Crippen LogP contribution in [-0.4, -0.2) is 25.4 Å². The van der Waals surface area contributed by atoms with E-state index in [1.165, 1.54) is 6.20 Å². The first-order chi connectivity index (χ1) is 10.2. The van der Waals surface area contributed by atoms with Crippen molar-refractivity contribution in [2.75, 3.05) is 19.5 Å². The molecule has 0 heterocycles. The number of hydrogen-bond acceptors (Lipinski definition) is 4. The second kappa shape index (κ2) is 9.67. The van der Waals surface area contributed by atoms with E-state index in [2.05, 4.69) is 10.6 Å². The van der Waals surface area contributed by atoms with E-state index in [4.69, 9.17) is 21.6 Å². The molecule has 0 fully saturated rings. The van der Waals surface area contributed by atoms with Gasteiger partial charge in [-0.2, -0.15) is 5.26 Å². The van der Waals surface area contributed by atoms with Crippen LogP contribution in [0.3, 0.4) is 0 Å². The largest absolute Gasteiger partial charge is 0.497 e. The highest BCUT2D eigenvalue weighted by atomic mass is 35.5. The molecule has 0 atom stereocenters. The predicted octanol–water partition coefficient (Wildman–Crippen LogP) is 1.94. The van der Waals surface area contributed by atoms with Crippen molar-refractivity contribution in [2.45, 2.75) is 13.0 Å². The SMILES string of the molecule is COc1cccc(CN/C=C(/C#N)C(=O)NCCCCl)c1. The van der Waals surface area contributed by atoms with Crippen LogP contribution in [0.4, 0.5) is 0 Å². The summed E-state index contributed by atoms with van der Waals surface area (Å²) in [7, 11) is 1.60. The normalized spacial score (nSPS) is 10.6. The van der Waals surface area contributed by atoms with Crippen LogP contribution in [0.5, 0.6) is 5.75 Å². The number of nitrogens with one attached hydrogen (secondary N) is 2. The highest BCUT2D eigenvalue weighted by Crippen LogP contribution is 2.12. The van der Waals surface area contributed by atoms with Gasteiger partial charge in [0.2, 0.25) is 0 Å². The average molecular weight is 308 g/mol. The molecule has 112 valence electrons. The molecule has 0 saturated carbocycles. The number of carbonyl (C=O) groups excluding carboxylic acids is 1. The Morgan fingerprint density at radius 3 is 3.00 bits per heavy atom. The zero-order chi connectivity index (χ0) is 15.5. The number of halogens is 1. The van der Waals surface area contributed by atoms with Gasteiger partial charge in [-0.3, -0.25) is 4.79 Å². The third-order valence-electron chi connectivity index (χ3n) is 2.65. The van der Waals surface area contributed by atoms with Gasteiger partial charge in [0.05, 0.1) is 7.11 Å². The van der Waals surface area contributed by atoms with Gasteiger partial charge >= 0.3 is 0 Å². The van der Waals surface area contributed by atoms with Crippen LogP contribution in [0.15, 0.2) is 36.0 Å². The van der Waals surface area contributed by atoms with Gasteiger partial charge in [-0.25, -0.2) is 0 Å². The van der Waals surface area contributed by atoms with E-state index in [0.29, 0.717) is 25.4 Å². The van der Waals surface area contributed by atoms with Crippen molar-refractivity contribution in [1.82, 2.24) is 10.6 Å². The molecule has 2 N–H and O–H groups in total. The molecule has 0 aromatic heterocycles. The molecular formula is C15H18ClN3O2. The fraction of sp³-hybridized carbons (Fsp3) is 0.333. The van der Waals surface area contributed by atoms with E-state index in [1.54, 1.807) is 7.11 Å². The highest BCUT2D eigenvalue weighted by Gasteiger charge is 2.07. The van der Waals surface area contributed by atoms with Gasteiger partial charge in [-0.05, 0) is 24.1 Å². The third-order valence-corrected chi connectivity index (χ3v) is 2.92. The summed E-state index contributed by atoms with van der Waals surface area (Å²) in [6.45, 7) is 0.953. The first kappa shape index (κ1) is 16.9. The lowest BCUT2D eigenvalue weighted by atomic mass is 10.2. The summed E-state index contributed by atoms with van der Waals surface area (Å²) in [6.07, 6.45) is 2.08. The average Bonchev–Trinajstić information content (AvgIpc) is 2.52. The highest BCUT2D eigenvalue weighted by molar-refractivity contribution is 6.17. The van der Waals surface area contributed by atoms with Crippen LogP contribution in [0.1, 0.15) is 12.0 Å². The maximum atomic E-state index is 11.7. The van der Waals surface area contributed by atoms with E-state index in [1.807, 2.05) is 30.3 Å². The molecule has 5 nitrogen and oxygen atoms in total. The van der Waals surface area contributed by atoms with E-state index < -0.39 is 5.91 Å². The monoisotopic (exact) mass is 307 g/mol. The Morgan fingerprint density at radius 2 is 2.33 bits per heavy atom. The molecule has 0 aliphatic carbocycles. The van der Waals surface area contributed by atoms with Crippen molar-refractivity contribution in [3.8, 4) is 11.8 Å². The summed E-state index contributed by atoms with van der Waals surface area (Å²) >= 11 is 5.52. The third kappa shape index (κ3) is 6.19. The zero-order valence-electron chi connectivity index (χ0n) is 11.9. The van der Waals surface area contributed by atoms with Crippen molar-refractivity contribution in [1.29, 1.82) is 5.26 Å². The molecular weight excluding hydrogens is 290 g/mol. The van der Waals surface area contributed by atoms with Crippen LogP contribution in [0, 0.1) is 11.3 Å². The standard InChI is InChI=1S/C15H18ClN3O2/c1-21-14-5-2-4-12(8-14)10-18-11-13(9-17)15(20)19-7-3-6-16/h2,4-5,8,11,18H,3,6-7,10H2,1H3,(H,19,20)/b13-11-. The second-order valence-electron chi connectivity index (χ2n) is 4.20. The van der Waals surface area contributed by atoms with Crippen molar-refractivity contribution in [3.05, 3.63) is 41.6 Å². The molecule has 0 spiro atoms. The number of carbonyl (C=O) groups is 1. The lowest BCUT2D eigenvalue weighted by Gasteiger charge is -2.06. The summed E-state index contributed by atoms with van der Waals surface area (Å²) < 4.78 is 5.13. The van der Waals surface area contributed by atoms with Crippen LogP contribution >= 0.6 is 11.6 Å². The molecule has 1 aromatic rings. The van der Waals surface area contributed by atoms with Crippen molar-refractivity contribution >= 4 is 17.5 Å². The number of ether oxygens (including phenoxy) is 1. The van der Waals surface area contributed by atoms with Crippen molar-refractivity contribution < 1.29 is 9.53 Å². The van der Waals surface area contributed by atoms with Gasteiger partial charge in [0.25, 0.3) is 5.91 Å². The minimum absolute atomic E-state index is 0.0347. The molecule has 0 aliphatic heterocycles. The molecule has 1 aromatic carbocycles. The lowest BCUT2D eigenvalue weighted by Crippen LogP contribution is -2.26. The Labute approximate surface area is 129 Å². The maximum absolute atomic E-state index is 11.7. The minimum Gasteiger partial charge on any atom is -0.497 e. The van der Waals surface area contributed by atoms with E-state index in [9.17, 15) is 4.79 Å². The molecule has 21 heavy (non-hydrogen) atoms. The first-order valence-corrected chi connectivity index (χ1v) is 7.05. The number of benzene rings is 1. The van der Waals surface area contributed by atoms with Gasteiger partial charge < -0.3 is 15.4 Å². The fourth-order valence-electron chi connectivity index (χ4n) is 1.57. The minimum atomic E-state index is -0.402. The molecule has 0 saturated heterocycles. The van der Waals surface area contributed by atoms with Crippen LogP contribution in [0.25, 0.3) is 0 Å². The molecule has 0 aliphatic rings. The van der Waals surface area contributed by atoms with Gasteiger partial charge in [0.15, 0.2) is 0 Å². The summed E-state index contributed by atoms with van der Waals surface area (Å²) in [6, 6.07) is 9.41. The number of amides is 1. The number of nitrogens with zero attached hydrogens (tertiary/aromatic N) is 1. The van der Waals surface area contributed by atoms with E-state index in [-0.39, 0.29) is 5.57 Å². The molecule has 0 unspecified atom stereocenters. The number of alkyl halides is 1. The topological polar surface area (TPSA) is 74.1 Å². The van der Waals surface area contributed by atoms with Crippen LogP contribution in [0.2, 0.25) is 0 Å². The summed E-state index contributed by atoms with van der Waals surface area (Å²) in [5.41, 5.74) is 1.03. The Morgan fingerprint density at radius 1 is 1.52 bits per heavy atom. The summed E-state index contributed by atoms with van der Waals surface area (Å²) in [5.74, 6) is 0.832. The van der Waals surface area contributed by atoms with Crippen molar-refractivity contribution in [3.63, 3.8) is 0 Å². The van der Waals surface area contributed by atoms with Gasteiger partial charge in [-0.15, -0.1) is 11.6 Å². The quantitative estimate of drug-likeness (QED) is 0.333. The predicted molar refractivity (Wildman–Crippen MR) is 81.9 cm³/mol. The van der Waals surface area contributed by atoms with Crippen LogP contribution in [-0.2, 0) is 11.3 Å². The maximum Gasteiger partial charge on any atom is 0.263 e. The van der Waals surface area contributed by atoms with Gasteiger partial charge in [0, 0.05) is 25.2 Å². The van der Waals surface area contributed by atoms with Crippen molar-refractivity contribution in [2.24, 2.45) is 0 Å². The Kier molecular flexibility index (Phi) is 7.77. The number of rotatable bonds is 8. The number of hydrogen-bond donors (Lipinski definition) is 2. The van der Waals surface area contributed by atoms with E-state index in [0.717, 1.165) is 11.3 Å². The molecule has 0 radical (unpaired) electrons. The first-order valence-electron chi connectivity index (χ1n) is 6.52. The van der Waals surface area contributed by atoms with Gasteiger partial charge in [0.1, 0.15) is 17.4 Å². The molecule has 0 bridgehead atoms. The Balaban J connectivity index is 2.52. The van der Waals surface area contributed by atoms with Gasteiger partial charge in [-0.1, -0.05) is 12.1 Å².